The first-order valence-electron chi connectivity index (χ1n) is 12.2. The van der Waals surface area contributed by atoms with Crippen molar-refractivity contribution in [1.82, 2.24) is 15.6 Å². The Hall–Kier alpha value is -4.42. The highest BCUT2D eigenvalue weighted by molar-refractivity contribution is 5.84. The van der Waals surface area contributed by atoms with E-state index in [1.807, 2.05) is 42.5 Å². The van der Waals surface area contributed by atoms with Crippen molar-refractivity contribution in [2.45, 2.75) is 19.1 Å². The van der Waals surface area contributed by atoms with E-state index in [-0.39, 0.29) is 0 Å². The van der Waals surface area contributed by atoms with Crippen LogP contribution in [0, 0.1) is 0 Å². The summed E-state index contributed by atoms with van der Waals surface area (Å²) in [6.45, 7) is 1.44. The SMILES string of the molecule is COc1ccc(CNCc2ccc(-c3nc4c(cc3-c3ccccc3)C(C=O)NC=C4)cc2)cc1OC. The van der Waals surface area contributed by atoms with Crippen molar-refractivity contribution in [3.05, 3.63) is 107 Å². The van der Waals surface area contributed by atoms with E-state index in [0.717, 1.165) is 63.5 Å². The van der Waals surface area contributed by atoms with Gasteiger partial charge in [-0.25, -0.2) is 4.98 Å². The number of methoxy groups -OCH3 is 2. The summed E-state index contributed by atoms with van der Waals surface area (Å²) >= 11 is 0. The third-order valence-electron chi connectivity index (χ3n) is 6.49. The number of pyridine rings is 1. The number of fused-ring (bicyclic) bond motifs is 1. The van der Waals surface area contributed by atoms with Crippen molar-refractivity contribution in [2.75, 3.05) is 14.2 Å². The van der Waals surface area contributed by atoms with Gasteiger partial charge in [-0.2, -0.15) is 0 Å². The summed E-state index contributed by atoms with van der Waals surface area (Å²) in [6, 6.07) is 26.3. The number of hydrogen-bond donors (Lipinski definition) is 2. The largest absolute Gasteiger partial charge is 0.493 e. The molecule has 1 aromatic heterocycles. The molecule has 2 N–H and O–H groups in total. The molecule has 186 valence electrons. The molecule has 6 nitrogen and oxygen atoms in total. The highest BCUT2D eigenvalue weighted by Gasteiger charge is 2.21. The second-order valence-electron chi connectivity index (χ2n) is 8.83. The zero-order valence-corrected chi connectivity index (χ0v) is 20.9. The Morgan fingerprint density at radius 2 is 1.59 bits per heavy atom. The quantitative estimate of drug-likeness (QED) is 0.300. The molecule has 0 bridgehead atoms. The topological polar surface area (TPSA) is 72.5 Å². The Balaban J connectivity index is 1.37. The van der Waals surface area contributed by atoms with Crippen LogP contribution < -0.4 is 20.1 Å². The molecule has 1 atom stereocenters. The summed E-state index contributed by atoms with van der Waals surface area (Å²) in [5, 5.41) is 6.60. The minimum Gasteiger partial charge on any atom is -0.493 e. The molecular weight excluding hydrogens is 462 g/mol. The number of benzene rings is 3. The van der Waals surface area contributed by atoms with Crippen molar-refractivity contribution >= 4 is 12.4 Å². The molecule has 0 aliphatic carbocycles. The molecule has 37 heavy (non-hydrogen) atoms. The molecule has 1 aliphatic heterocycles. The van der Waals surface area contributed by atoms with Gasteiger partial charge < -0.3 is 24.9 Å². The predicted molar refractivity (Wildman–Crippen MR) is 146 cm³/mol. The van der Waals surface area contributed by atoms with E-state index in [1.165, 1.54) is 5.56 Å². The maximum atomic E-state index is 11.7. The van der Waals surface area contributed by atoms with Crippen LogP contribution in [0.1, 0.15) is 28.4 Å². The molecule has 0 amide bonds. The predicted octanol–water partition coefficient (Wildman–Crippen LogP) is 5.54. The number of nitrogens with zero attached hydrogens (tertiary/aromatic N) is 1. The van der Waals surface area contributed by atoms with E-state index >= 15 is 0 Å². The van der Waals surface area contributed by atoms with Crippen LogP contribution in [0.25, 0.3) is 28.5 Å². The fourth-order valence-corrected chi connectivity index (χ4v) is 4.54. The lowest BCUT2D eigenvalue weighted by Crippen LogP contribution is -2.21. The van der Waals surface area contributed by atoms with Crippen molar-refractivity contribution in [1.29, 1.82) is 0 Å². The van der Waals surface area contributed by atoms with Crippen LogP contribution in [-0.4, -0.2) is 25.5 Å². The second-order valence-corrected chi connectivity index (χ2v) is 8.83. The second kappa shape index (κ2) is 11.1. The minimum absolute atomic E-state index is 0.400. The van der Waals surface area contributed by atoms with Crippen LogP contribution in [0.2, 0.25) is 0 Å². The molecule has 1 aliphatic rings. The van der Waals surface area contributed by atoms with E-state index in [1.54, 1.807) is 20.4 Å². The minimum atomic E-state index is -0.400. The zero-order valence-electron chi connectivity index (χ0n) is 20.9. The Bertz CT molecular complexity index is 1420. The molecule has 0 saturated carbocycles. The van der Waals surface area contributed by atoms with Crippen LogP contribution in [-0.2, 0) is 17.9 Å². The number of carbonyl (C=O) groups excluding carboxylic acids is 1. The molecule has 4 aromatic rings. The van der Waals surface area contributed by atoms with Crippen LogP contribution in [0.15, 0.2) is 85.1 Å². The van der Waals surface area contributed by atoms with Gasteiger partial charge in [0.05, 0.1) is 25.6 Å². The van der Waals surface area contributed by atoms with Gasteiger partial charge in [0, 0.05) is 29.8 Å². The summed E-state index contributed by atoms with van der Waals surface area (Å²) in [5.41, 5.74) is 7.98. The van der Waals surface area contributed by atoms with E-state index in [2.05, 4.69) is 53.1 Å². The average molecular weight is 492 g/mol. The van der Waals surface area contributed by atoms with E-state index < -0.39 is 6.04 Å². The number of carbonyl (C=O) groups is 1. The van der Waals surface area contributed by atoms with Crippen molar-refractivity contribution in [3.63, 3.8) is 0 Å². The lowest BCUT2D eigenvalue weighted by molar-refractivity contribution is -0.109. The number of aromatic nitrogens is 1. The number of aldehydes is 1. The zero-order chi connectivity index (χ0) is 25.6. The number of ether oxygens (including phenoxy) is 2. The molecular formula is C31H29N3O3. The first kappa shape index (κ1) is 24.3. The van der Waals surface area contributed by atoms with Gasteiger partial charge in [-0.1, -0.05) is 60.7 Å². The van der Waals surface area contributed by atoms with Gasteiger partial charge in [-0.15, -0.1) is 0 Å². The van der Waals surface area contributed by atoms with E-state index in [4.69, 9.17) is 14.5 Å². The fourth-order valence-electron chi connectivity index (χ4n) is 4.54. The summed E-state index contributed by atoms with van der Waals surface area (Å²) in [4.78, 5) is 16.7. The fraction of sp³-hybridized carbons (Fsp3) is 0.161. The van der Waals surface area contributed by atoms with Crippen molar-refractivity contribution in [2.24, 2.45) is 0 Å². The molecule has 0 spiro atoms. The highest BCUT2D eigenvalue weighted by Crippen LogP contribution is 2.35. The van der Waals surface area contributed by atoms with Gasteiger partial charge in [0.25, 0.3) is 0 Å². The van der Waals surface area contributed by atoms with E-state index in [0.29, 0.717) is 6.54 Å². The molecule has 0 saturated heterocycles. The normalized spacial score (nSPS) is 13.9. The Morgan fingerprint density at radius 1 is 0.865 bits per heavy atom. The first-order chi connectivity index (χ1) is 18.2. The van der Waals surface area contributed by atoms with Gasteiger partial charge in [-0.05, 0) is 47.2 Å². The molecule has 2 heterocycles. The lowest BCUT2D eigenvalue weighted by Gasteiger charge is -2.21. The van der Waals surface area contributed by atoms with Crippen LogP contribution in [0.3, 0.4) is 0 Å². The Labute approximate surface area is 217 Å². The summed E-state index contributed by atoms with van der Waals surface area (Å²) in [7, 11) is 3.28. The van der Waals surface area contributed by atoms with Gasteiger partial charge in [0.15, 0.2) is 11.5 Å². The van der Waals surface area contributed by atoms with Gasteiger partial charge in [0.2, 0.25) is 0 Å². The van der Waals surface area contributed by atoms with Gasteiger partial charge >= 0.3 is 0 Å². The number of hydrogen-bond acceptors (Lipinski definition) is 6. The summed E-state index contributed by atoms with van der Waals surface area (Å²) in [6.07, 6.45) is 4.62. The first-order valence-corrected chi connectivity index (χ1v) is 12.2. The number of nitrogens with one attached hydrogen (secondary N) is 2. The van der Waals surface area contributed by atoms with Crippen molar-refractivity contribution in [3.8, 4) is 33.9 Å². The lowest BCUT2D eigenvalue weighted by atomic mass is 9.93. The Morgan fingerprint density at radius 3 is 2.32 bits per heavy atom. The smallest absolute Gasteiger partial charge is 0.161 e. The average Bonchev–Trinajstić information content (AvgIpc) is 2.96. The standard InChI is InChI=1S/C31H29N3O3/c1-36-29-13-10-22(16-30(29)37-2)19-32-18-21-8-11-24(12-9-21)31-25(23-6-4-3-5-7-23)17-26-27(34-31)14-15-33-28(26)20-35/h3-17,20,28,32-33H,18-19H2,1-2H3. The molecule has 1 unspecified atom stereocenters. The summed E-state index contributed by atoms with van der Waals surface area (Å²) in [5.74, 6) is 1.45. The van der Waals surface area contributed by atoms with E-state index in [9.17, 15) is 4.79 Å². The van der Waals surface area contributed by atoms with Gasteiger partial charge in [-0.3, -0.25) is 0 Å². The maximum Gasteiger partial charge on any atom is 0.161 e. The van der Waals surface area contributed by atoms with Gasteiger partial charge in [0.1, 0.15) is 12.3 Å². The maximum absolute atomic E-state index is 11.7. The Kier molecular flexibility index (Phi) is 7.28. The monoisotopic (exact) mass is 491 g/mol. The van der Waals surface area contributed by atoms with Crippen LogP contribution in [0.4, 0.5) is 0 Å². The molecule has 3 aromatic carbocycles. The third kappa shape index (κ3) is 5.25. The number of rotatable bonds is 9. The highest BCUT2D eigenvalue weighted by atomic mass is 16.5. The molecule has 5 rings (SSSR count). The van der Waals surface area contributed by atoms with Crippen LogP contribution >= 0.6 is 0 Å². The summed E-state index contributed by atoms with van der Waals surface area (Å²) < 4.78 is 10.7. The molecule has 0 radical (unpaired) electrons. The molecule has 0 fully saturated rings. The van der Waals surface area contributed by atoms with Crippen molar-refractivity contribution < 1.29 is 14.3 Å². The van der Waals surface area contributed by atoms with Crippen LogP contribution in [0.5, 0.6) is 11.5 Å². The molecule has 6 heteroatoms. The third-order valence-corrected chi connectivity index (χ3v) is 6.49.